The number of nitrogens with zero attached hydrogens (tertiary/aromatic N) is 2. The minimum Gasteiger partial charge on any atom is -0.406 e. The molecule has 2 aromatic carbocycles. The second-order valence-corrected chi connectivity index (χ2v) is 4.97. The summed E-state index contributed by atoms with van der Waals surface area (Å²) in [5.74, 6) is 4.48. The van der Waals surface area contributed by atoms with Gasteiger partial charge in [-0.25, -0.2) is 5.84 Å². The summed E-state index contributed by atoms with van der Waals surface area (Å²) in [5, 5.41) is 9.31. The van der Waals surface area contributed by atoms with Gasteiger partial charge >= 0.3 is 6.36 Å². The van der Waals surface area contributed by atoms with Crippen LogP contribution in [-0.2, 0) is 0 Å². The van der Waals surface area contributed by atoms with Crippen LogP contribution in [0.4, 0.5) is 18.9 Å². The molecule has 0 radical (unpaired) electrons. The number of carbonyl (C=O) groups excluding carboxylic acids is 1. The van der Waals surface area contributed by atoms with E-state index in [-0.39, 0.29) is 23.5 Å². The molecule has 0 aliphatic rings. The van der Waals surface area contributed by atoms with E-state index >= 15 is 0 Å². The van der Waals surface area contributed by atoms with Crippen LogP contribution in [0.15, 0.2) is 42.5 Å². The van der Waals surface area contributed by atoms with Crippen LogP contribution in [0.2, 0.25) is 0 Å². The van der Waals surface area contributed by atoms with Gasteiger partial charge < -0.3 is 10.5 Å². The van der Waals surface area contributed by atoms with Crippen molar-refractivity contribution in [1.29, 1.82) is 5.26 Å². The van der Waals surface area contributed by atoms with Crippen molar-refractivity contribution in [3.05, 3.63) is 48.0 Å². The molecule has 130 valence electrons. The standard InChI is InChI=1S/C16H13F3N4O2/c17-16(18,19)25-12-4-1-10(2-5-12)11-3-6-14(21)13(9-11)15(24)23(22)8-7-20/h1-6,9H,8,21-22H2. The number of nitrogens with two attached hydrogens (primary N) is 2. The van der Waals surface area contributed by atoms with Gasteiger partial charge in [0.15, 0.2) is 0 Å². The summed E-state index contributed by atoms with van der Waals surface area (Å²) in [5.41, 5.74) is 7.11. The molecule has 0 fully saturated rings. The molecule has 0 atom stereocenters. The minimum absolute atomic E-state index is 0.0888. The number of rotatable bonds is 4. The highest BCUT2D eigenvalue weighted by atomic mass is 19.4. The number of ether oxygens (including phenoxy) is 1. The Bertz CT molecular complexity index is 814. The lowest BCUT2D eigenvalue weighted by atomic mass is 10.0. The number of halogens is 3. The van der Waals surface area contributed by atoms with Crippen molar-refractivity contribution in [2.24, 2.45) is 5.84 Å². The molecule has 0 aliphatic carbocycles. The lowest BCUT2D eigenvalue weighted by Gasteiger charge is -2.15. The molecular formula is C16H13F3N4O2. The Morgan fingerprint density at radius 1 is 1.16 bits per heavy atom. The molecule has 0 aliphatic heterocycles. The Morgan fingerprint density at radius 3 is 2.32 bits per heavy atom. The lowest BCUT2D eigenvalue weighted by Crippen LogP contribution is -2.38. The largest absolute Gasteiger partial charge is 0.573 e. The summed E-state index contributed by atoms with van der Waals surface area (Å²) in [6.45, 7) is -0.314. The van der Waals surface area contributed by atoms with E-state index in [4.69, 9.17) is 16.8 Å². The fourth-order valence-corrected chi connectivity index (χ4v) is 2.07. The number of anilines is 1. The van der Waals surface area contributed by atoms with Crippen molar-refractivity contribution in [2.75, 3.05) is 12.3 Å². The first kappa shape index (κ1) is 18.1. The van der Waals surface area contributed by atoms with Crippen molar-refractivity contribution in [2.45, 2.75) is 6.36 Å². The second kappa shape index (κ2) is 7.11. The number of hydrogen-bond donors (Lipinski definition) is 2. The molecule has 25 heavy (non-hydrogen) atoms. The highest BCUT2D eigenvalue weighted by Crippen LogP contribution is 2.28. The van der Waals surface area contributed by atoms with Gasteiger partial charge in [0.1, 0.15) is 12.3 Å². The summed E-state index contributed by atoms with van der Waals surface area (Å²) in [6.07, 6.45) is -4.77. The van der Waals surface area contributed by atoms with Crippen LogP contribution >= 0.6 is 0 Å². The number of carbonyl (C=O) groups is 1. The van der Waals surface area contributed by atoms with Gasteiger partial charge in [-0.05, 0) is 35.4 Å². The molecule has 0 saturated carbocycles. The van der Waals surface area contributed by atoms with E-state index in [1.807, 2.05) is 0 Å². The van der Waals surface area contributed by atoms with Crippen molar-refractivity contribution in [3.63, 3.8) is 0 Å². The number of nitrogen functional groups attached to an aromatic ring is 1. The van der Waals surface area contributed by atoms with E-state index < -0.39 is 12.3 Å². The summed E-state index contributed by atoms with van der Waals surface area (Å²) in [7, 11) is 0. The topological polar surface area (TPSA) is 105 Å². The zero-order valence-electron chi connectivity index (χ0n) is 12.7. The van der Waals surface area contributed by atoms with Gasteiger partial charge in [-0.2, -0.15) is 5.26 Å². The summed E-state index contributed by atoms with van der Waals surface area (Å²) in [4.78, 5) is 12.2. The second-order valence-electron chi connectivity index (χ2n) is 4.97. The Hall–Kier alpha value is -3.25. The van der Waals surface area contributed by atoms with Gasteiger partial charge in [-0.1, -0.05) is 18.2 Å². The Morgan fingerprint density at radius 2 is 1.76 bits per heavy atom. The number of nitriles is 1. The van der Waals surface area contributed by atoms with Crippen LogP contribution in [0, 0.1) is 11.3 Å². The van der Waals surface area contributed by atoms with Gasteiger partial charge in [-0.3, -0.25) is 9.80 Å². The maximum absolute atomic E-state index is 12.2. The van der Waals surface area contributed by atoms with E-state index in [0.29, 0.717) is 11.1 Å². The molecule has 0 unspecified atom stereocenters. The van der Waals surface area contributed by atoms with Crippen LogP contribution < -0.4 is 16.3 Å². The van der Waals surface area contributed by atoms with Crippen LogP contribution in [0.5, 0.6) is 5.75 Å². The third kappa shape index (κ3) is 4.62. The fourth-order valence-electron chi connectivity index (χ4n) is 2.07. The third-order valence-electron chi connectivity index (χ3n) is 3.21. The molecule has 4 N–H and O–H groups in total. The summed E-state index contributed by atoms with van der Waals surface area (Å²) >= 11 is 0. The molecule has 0 bridgehead atoms. The first-order valence-electron chi connectivity index (χ1n) is 6.90. The molecule has 2 aromatic rings. The first-order chi connectivity index (χ1) is 11.7. The summed E-state index contributed by atoms with van der Waals surface area (Å²) in [6, 6.07) is 11.4. The predicted octanol–water partition coefficient (Wildman–Crippen LogP) is 2.67. The maximum atomic E-state index is 12.2. The Balaban J connectivity index is 2.30. The lowest BCUT2D eigenvalue weighted by molar-refractivity contribution is -0.274. The summed E-state index contributed by atoms with van der Waals surface area (Å²) < 4.78 is 40.3. The van der Waals surface area contributed by atoms with E-state index in [0.717, 1.165) is 17.1 Å². The quantitative estimate of drug-likeness (QED) is 0.290. The van der Waals surface area contributed by atoms with Gasteiger partial charge in [0, 0.05) is 5.69 Å². The zero-order valence-corrected chi connectivity index (χ0v) is 12.7. The van der Waals surface area contributed by atoms with Crippen LogP contribution in [0.3, 0.4) is 0 Å². The van der Waals surface area contributed by atoms with Crippen LogP contribution in [0.25, 0.3) is 11.1 Å². The highest BCUT2D eigenvalue weighted by Gasteiger charge is 2.31. The molecule has 1 amide bonds. The first-order valence-corrected chi connectivity index (χ1v) is 6.90. The number of hydrogen-bond acceptors (Lipinski definition) is 5. The number of benzene rings is 2. The third-order valence-corrected chi connectivity index (χ3v) is 3.21. The molecular weight excluding hydrogens is 337 g/mol. The van der Waals surface area contributed by atoms with Crippen molar-refractivity contribution < 1.29 is 22.7 Å². The maximum Gasteiger partial charge on any atom is 0.573 e. The van der Waals surface area contributed by atoms with Gasteiger partial charge in [0.2, 0.25) is 0 Å². The highest BCUT2D eigenvalue weighted by molar-refractivity contribution is 6.00. The average molecular weight is 350 g/mol. The number of hydrazine groups is 1. The van der Waals surface area contributed by atoms with Gasteiger partial charge in [0.25, 0.3) is 5.91 Å². The van der Waals surface area contributed by atoms with Crippen LogP contribution in [-0.4, -0.2) is 23.8 Å². The van der Waals surface area contributed by atoms with Gasteiger partial charge in [-0.15, -0.1) is 13.2 Å². The number of amides is 1. The fraction of sp³-hybridized carbons (Fsp3) is 0.125. The smallest absolute Gasteiger partial charge is 0.406 e. The molecule has 9 heteroatoms. The van der Waals surface area contributed by atoms with Gasteiger partial charge in [0.05, 0.1) is 11.6 Å². The molecule has 0 heterocycles. The van der Waals surface area contributed by atoms with E-state index in [1.54, 1.807) is 12.1 Å². The predicted molar refractivity (Wildman–Crippen MR) is 83.8 cm³/mol. The monoisotopic (exact) mass is 350 g/mol. The molecule has 0 spiro atoms. The molecule has 2 rings (SSSR count). The van der Waals surface area contributed by atoms with Crippen LogP contribution in [0.1, 0.15) is 10.4 Å². The van der Waals surface area contributed by atoms with Crippen molar-refractivity contribution >= 4 is 11.6 Å². The van der Waals surface area contributed by atoms with Crippen molar-refractivity contribution in [3.8, 4) is 22.9 Å². The molecule has 6 nitrogen and oxygen atoms in total. The SMILES string of the molecule is N#CCN(N)C(=O)c1cc(-c2ccc(OC(F)(F)F)cc2)ccc1N. The van der Waals surface area contributed by atoms with E-state index in [2.05, 4.69) is 4.74 Å². The van der Waals surface area contributed by atoms with E-state index in [1.165, 1.54) is 24.3 Å². The molecule has 0 aromatic heterocycles. The minimum atomic E-state index is -4.77. The average Bonchev–Trinajstić information content (AvgIpc) is 2.54. The Labute approximate surface area is 141 Å². The number of alkyl halides is 3. The van der Waals surface area contributed by atoms with E-state index in [9.17, 15) is 18.0 Å². The zero-order chi connectivity index (χ0) is 18.6. The van der Waals surface area contributed by atoms with Crippen molar-refractivity contribution in [1.82, 2.24) is 5.01 Å². The Kier molecular flexibility index (Phi) is 5.14. The molecule has 0 saturated heterocycles. The normalized spacial score (nSPS) is 10.8.